The van der Waals surface area contributed by atoms with E-state index < -0.39 is 16.0 Å². The highest BCUT2D eigenvalue weighted by Gasteiger charge is 2.21. The van der Waals surface area contributed by atoms with Gasteiger partial charge in [-0.1, -0.05) is 11.6 Å². The fraction of sp³-hybridized carbons (Fsp3) is 0.231. The van der Waals surface area contributed by atoms with Gasteiger partial charge in [-0.15, -0.1) is 0 Å². The summed E-state index contributed by atoms with van der Waals surface area (Å²) in [5.74, 6) is -0.613. The number of sulfonamides is 1. The topological polar surface area (TPSA) is 90.3 Å². The number of hydrogen-bond acceptors (Lipinski definition) is 5. The molecule has 112 valence electrons. The van der Waals surface area contributed by atoms with Gasteiger partial charge in [0, 0.05) is 13.2 Å². The van der Waals surface area contributed by atoms with Crippen molar-refractivity contribution in [2.24, 2.45) is 7.05 Å². The van der Waals surface area contributed by atoms with Crippen molar-refractivity contribution in [3.63, 3.8) is 0 Å². The first-order valence-electron chi connectivity index (χ1n) is 6.03. The molecule has 0 atom stereocenters. The maximum Gasteiger partial charge on any atom is 0.340 e. The lowest BCUT2D eigenvalue weighted by atomic mass is 10.1. The van der Waals surface area contributed by atoms with E-state index in [1.54, 1.807) is 26.1 Å². The average molecular weight is 309 g/mol. The summed E-state index contributed by atoms with van der Waals surface area (Å²) in [6.45, 7) is 1.80. The number of imidazole rings is 1. The monoisotopic (exact) mass is 309 g/mol. The summed E-state index contributed by atoms with van der Waals surface area (Å²) in [6.07, 6.45) is 2.75. The maximum atomic E-state index is 12.2. The fourth-order valence-corrected chi connectivity index (χ4v) is 2.81. The smallest absolute Gasteiger partial charge is 0.340 e. The fourth-order valence-electron chi connectivity index (χ4n) is 1.75. The number of nitrogens with one attached hydrogen (secondary N) is 1. The van der Waals surface area contributed by atoms with Gasteiger partial charge in [-0.05, 0) is 19.1 Å². The normalized spacial score (nSPS) is 11.2. The maximum absolute atomic E-state index is 12.2. The highest BCUT2D eigenvalue weighted by molar-refractivity contribution is 7.92. The first kappa shape index (κ1) is 15.0. The zero-order valence-electron chi connectivity index (χ0n) is 11.8. The van der Waals surface area contributed by atoms with Gasteiger partial charge in [0.25, 0.3) is 10.0 Å². The summed E-state index contributed by atoms with van der Waals surface area (Å²) in [5.41, 5.74) is 1.12. The average Bonchev–Trinajstić information content (AvgIpc) is 2.87. The van der Waals surface area contributed by atoms with Crippen molar-refractivity contribution in [2.45, 2.75) is 11.9 Å². The number of methoxy groups -OCH3 is 1. The molecule has 1 heterocycles. The quantitative estimate of drug-likeness (QED) is 0.860. The number of anilines is 1. The zero-order valence-corrected chi connectivity index (χ0v) is 12.6. The first-order valence-corrected chi connectivity index (χ1v) is 7.51. The Balaban J connectivity index is 2.42. The number of rotatable bonds is 4. The predicted molar refractivity (Wildman–Crippen MR) is 76.5 cm³/mol. The molecule has 0 aliphatic carbocycles. The second-order valence-electron chi connectivity index (χ2n) is 4.52. The molecule has 1 N–H and O–H groups in total. The number of hydrogen-bond donors (Lipinski definition) is 1. The number of nitrogens with zero attached hydrogens (tertiary/aromatic N) is 2. The number of carbonyl (C=O) groups is 1. The predicted octanol–water partition coefficient (Wildman–Crippen LogP) is 1.32. The first-order chi connectivity index (χ1) is 9.83. The molecule has 21 heavy (non-hydrogen) atoms. The van der Waals surface area contributed by atoms with E-state index in [2.05, 4.69) is 14.4 Å². The van der Waals surface area contributed by atoms with E-state index in [9.17, 15) is 13.2 Å². The summed E-state index contributed by atoms with van der Waals surface area (Å²) in [6, 6.07) is 4.77. The lowest BCUT2D eigenvalue weighted by Crippen LogP contribution is -2.16. The van der Waals surface area contributed by atoms with E-state index in [1.807, 2.05) is 0 Å². The summed E-state index contributed by atoms with van der Waals surface area (Å²) < 4.78 is 33.0. The number of benzene rings is 1. The van der Waals surface area contributed by atoms with Gasteiger partial charge >= 0.3 is 5.97 Å². The molecule has 8 heteroatoms. The number of aryl methyl sites for hydroxylation is 2. The Hall–Kier alpha value is -2.35. The molecule has 1 aromatic carbocycles. The van der Waals surface area contributed by atoms with Gasteiger partial charge in [-0.3, -0.25) is 4.72 Å². The standard InChI is InChI=1S/C13H15N3O4S/c1-9-4-5-11(10(6-9)13(17)20-3)15-21(18,19)12-7-16(2)8-14-12/h4-8,15H,1-3H3. The van der Waals surface area contributed by atoms with Crippen molar-refractivity contribution in [2.75, 3.05) is 11.8 Å². The zero-order chi connectivity index (χ0) is 15.6. The lowest BCUT2D eigenvalue weighted by molar-refractivity contribution is 0.0602. The van der Waals surface area contributed by atoms with Gasteiger partial charge in [-0.25, -0.2) is 9.78 Å². The third-order valence-corrected chi connectivity index (χ3v) is 4.03. The Morgan fingerprint density at radius 1 is 1.38 bits per heavy atom. The van der Waals surface area contributed by atoms with Crippen LogP contribution >= 0.6 is 0 Å². The third kappa shape index (κ3) is 3.22. The molecule has 7 nitrogen and oxygen atoms in total. The van der Waals surface area contributed by atoms with Crippen LogP contribution in [0.1, 0.15) is 15.9 Å². The van der Waals surface area contributed by atoms with E-state index >= 15 is 0 Å². The molecule has 0 bridgehead atoms. The molecule has 0 spiro atoms. The molecule has 2 aromatic rings. The third-order valence-electron chi connectivity index (χ3n) is 2.78. The highest BCUT2D eigenvalue weighted by Crippen LogP contribution is 2.21. The van der Waals surface area contributed by atoms with Gasteiger partial charge in [0.05, 0.1) is 24.7 Å². The molecular weight excluding hydrogens is 294 g/mol. The largest absolute Gasteiger partial charge is 0.465 e. The van der Waals surface area contributed by atoms with Crippen LogP contribution in [-0.2, 0) is 21.8 Å². The van der Waals surface area contributed by atoms with Crippen LogP contribution in [0.2, 0.25) is 0 Å². The van der Waals surface area contributed by atoms with Gasteiger partial charge < -0.3 is 9.30 Å². The Kier molecular flexibility index (Phi) is 3.99. The van der Waals surface area contributed by atoms with Crippen molar-refractivity contribution in [1.82, 2.24) is 9.55 Å². The van der Waals surface area contributed by atoms with Crippen LogP contribution in [0.4, 0.5) is 5.69 Å². The van der Waals surface area contributed by atoms with E-state index in [1.165, 1.54) is 30.3 Å². The van der Waals surface area contributed by atoms with E-state index in [0.29, 0.717) is 0 Å². The summed E-state index contributed by atoms with van der Waals surface area (Å²) in [5, 5.41) is -0.124. The van der Waals surface area contributed by atoms with E-state index in [-0.39, 0.29) is 16.3 Å². The van der Waals surface area contributed by atoms with Gasteiger partial charge in [0.2, 0.25) is 0 Å². The molecule has 0 radical (unpaired) electrons. The van der Waals surface area contributed by atoms with Gasteiger partial charge in [-0.2, -0.15) is 8.42 Å². The number of ether oxygens (including phenoxy) is 1. The molecule has 0 aliphatic rings. The van der Waals surface area contributed by atoms with Crippen LogP contribution in [-0.4, -0.2) is 31.0 Å². The van der Waals surface area contributed by atoms with Crippen LogP contribution in [0, 0.1) is 6.92 Å². The molecule has 0 saturated carbocycles. The van der Waals surface area contributed by atoms with Crippen molar-refractivity contribution >= 4 is 21.7 Å². The number of aromatic nitrogens is 2. The lowest BCUT2D eigenvalue weighted by Gasteiger charge is -2.11. The second kappa shape index (κ2) is 5.57. The Morgan fingerprint density at radius 2 is 2.10 bits per heavy atom. The van der Waals surface area contributed by atoms with Crippen molar-refractivity contribution < 1.29 is 17.9 Å². The van der Waals surface area contributed by atoms with Crippen LogP contribution in [0.15, 0.2) is 35.7 Å². The minimum absolute atomic E-state index is 0.124. The minimum atomic E-state index is -3.86. The van der Waals surface area contributed by atoms with Crippen molar-refractivity contribution in [1.29, 1.82) is 0 Å². The van der Waals surface area contributed by atoms with E-state index in [0.717, 1.165) is 5.56 Å². The van der Waals surface area contributed by atoms with Crippen LogP contribution < -0.4 is 4.72 Å². The van der Waals surface area contributed by atoms with Gasteiger partial charge in [0.1, 0.15) is 0 Å². The Morgan fingerprint density at radius 3 is 2.67 bits per heavy atom. The number of carbonyl (C=O) groups excluding carboxylic acids is 1. The van der Waals surface area contributed by atoms with Gasteiger partial charge in [0.15, 0.2) is 5.03 Å². The van der Waals surface area contributed by atoms with Crippen molar-refractivity contribution in [3.8, 4) is 0 Å². The second-order valence-corrected chi connectivity index (χ2v) is 6.15. The Bertz CT molecular complexity index is 780. The minimum Gasteiger partial charge on any atom is -0.465 e. The molecule has 0 aliphatic heterocycles. The van der Waals surface area contributed by atoms with Crippen LogP contribution in [0.5, 0.6) is 0 Å². The van der Waals surface area contributed by atoms with E-state index in [4.69, 9.17) is 0 Å². The Labute approximate surface area is 122 Å². The molecule has 2 rings (SSSR count). The van der Waals surface area contributed by atoms with Crippen molar-refractivity contribution in [3.05, 3.63) is 41.9 Å². The summed E-state index contributed by atoms with van der Waals surface area (Å²) in [4.78, 5) is 15.5. The summed E-state index contributed by atoms with van der Waals surface area (Å²) >= 11 is 0. The molecule has 0 amide bonds. The molecule has 1 aromatic heterocycles. The molecule has 0 unspecified atom stereocenters. The van der Waals surface area contributed by atoms with Crippen LogP contribution in [0.25, 0.3) is 0 Å². The molecule has 0 saturated heterocycles. The van der Waals surface area contributed by atoms with Crippen LogP contribution in [0.3, 0.4) is 0 Å². The molecule has 0 fully saturated rings. The SMILES string of the molecule is COC(=O)c1cc(C)ccc1NS(=O)(=O)c1cn(C)cn1. The number of esters is 1. The highest BCUT2D eigenvalue weighted by atomic mass is 32.2. The molecular formula is C13H15N3O4S. The summed E-state index contributed by atoms with van der Waals surface area (Å²) in [7, 11) is -0.957.